The smallest absolute Gasteiger partial charge is 0.262 e. The summed E-state index contributed by atoms with van der Waals surface area (Å²) in [5.41, 5.74) is 1.96. The van der Waals surface area contributed by atoms with E-state index in [0.717, 1.165) is 16.5 Å². The van der Waals surface area contributed by atoms with Crippen LogP contribution in [0.15, 0.2) is 41.3 Å². The molecule has 0 bridgehead atoms. The van der Waals surface area contributed by atoms with Crippen LogP contribution in [-0.2, 0) is 6.42 Å². The van der Waals surface area contributed by atoms with Crippen molar-refractivity contribution >= 4 is 29.2 Å². The number of para-hydroxylation sites is 1. The Bertz CT molecular complexity index is 934. The Balaban J connectivity index is 1.88. The number of hydrogen-bond acceptors (Lipinski definition) is 3. The Hall–Kier alpha value is -2.60. The molecule has 1 aromatic carbocycles. The van der Waals surface area contributed by atoms with Gasteiger partial charge >= 0.3 is 0 Å². The van der Waals surface area contributed by atoms with E-state index >= 15 is 0 Å². The third kappa shape index (κ3) is 2.66. The van der Waals surface area contributed by atoms with Gasteiger partial charge in [-0.25, -0.2) is 0 Å². The summed E-state index contributed by atoms with van der Waals surface area (Å²) in [6.45, 7) is 0. The van der Waals surface area contributed by atoms with E-state index < -0.39 is 5.56 Å². The van der Waals surface area contributed by atoms with Gasteiger partial charge in [-0.3, -0.25) is 9.78 Å². The summed E-state index contributed by atoms with van der Waals surface area (Å²) >= 11 is 4.78. The van der Waals surface area contributed by atoms with Crippen molar-refractivity contribution in [1.29, 1.82) is 0 Å². The van der Waals surface area contributed by atoms with E-state index in [1.54, 1.807) is 6.08 Å². The first-order valence-corrected chi connectivity index (χ1v) is 6.83. The van der Waals surface area contributed by atoms with Crippen LogP contribution in [0.25, 0.3) is 17.0 Å². The van der Waals surface area contributed by atoms with E-state index in [1.807, 2.05) is 36.5 Å². The minimum absolute atomic E-state index is 0.103. The molecule has 0 saturated heterocycles. The predicted octanol–water partition coefficient (Wildman–Crippen LogP) is 2.88. The molecule has 0 aliphatic carbocycles. The zero-order valence-electron chi connectivity index (χ0n) is 11.0. The van der Waals surface area contributed by atoms with Gasteiger partial charge in [0.25, 0.3) is 5.56 Å². The summed E-state index contributed by atoms with van der Waals surface area (Å²) in [7, 11) is 0. The van der Waals surface area contributed by atoms with Crippen molar-refractivity contribution in [2.75, 3.05) is 0 Å². The number of nitrogens with one attached hydrogen (secondary N) is 3. The van der Waals surface area contributed by atoms with Crippen molar-refractivity contribution < 1.29 is 5.11 Å². The van der Waals surface area contributed by atoms with Gasteiger partial charge in [-0.1, -0.05) is 24.3 Å². The molecule has 0 amide bonds. The van der Waals surface area contributed by atoms with Crippen LogP contribution in [0.3, 0.4) is 0 Å². The van der Waals surface area contributed by atoms with E-state index in [1.165, 1.54) is 0 Å². The molecule has 3 aromatic rings. The van der Waals surface area contributed by atoms with Crippen molar-refractivity contribution in [3.63, 3.8) is 0 Å². The SMILES string of the molecule is O=c1[nH]c(=S)[nH]c(O)c1C=CCc1c[nH]c2ccccc12. The average molecular weight is 299 g/mol. The largest absolute Gasteiger partial charge is 0.494 e. The van der Waals surface area contributed by atoms with E-state index in [0.29, 0.717) is 6.42 Å². The summed E-state index contributed by atoms with van der Waals surface area (Å²) in [6, 6.07) is 8.01. The molecule has 5 nitrogen and oxygen atoms in total. The van der Waals surface area contributed by atoms with Crippen LogP contribution >= 0.6 is 12.2 Å². The van der Waals surface area contributed by atoms with Crippen molar-refractivity contribution in [3.8, 4) is 5.88 Å². The van der Waals surface area contributed by atoms with Gasteiger partial charge < -0.3 is 15.1 Å². The maximum absolute atomic E-state index is 11.7. The second-order valence-electron chi connectivity index (χ2n) is 4.64. The highest BCUT2D eigenvalue weighted by atomic mass is 32.1. The highest BCUT2D eigenvalue weighted by Gasteiger charge is 2.04. The first-order valence-electron chi connectivity index (χ1n) is 6.42. The molecule has 0 unspecified atom stereocenters. The number of aromatic nitrogens is 3. The van der Waals surface area contributed by atoms with E-state index in [2.05, 4.69) is 15.0 Å². The van der Waals surface area contributed by atoms with Crippen LogP contribution in [0.5, 0.6) is 5.88 Å². The minimum Gasteiger partial charge on any atom is -0.494 e. The molecule has 0 spiro atoms. The number of allylic oxidation sites excluding steroid dienone is 1. The number of rotatable bonds is 3. The summed E-state index contributed by atoms with van der Waals surface area (Å²) in [6.07, 6.45) is 6.01. The summed E-state index contributed by atoms with van der Waals surface area (Å²) in [5, 5.41) is 10.8. The van der Waals surface area contributed by atoms with Crippen LogP contribution in [0.2, 0.25) is 0 Å². The second kappa shape index (κ2) is 5.41. The van der Waals surface area contributed by atoms with Crippen LogP contribution in [-0.4, -0.2) is 20.1 Å². The molecule has 0 aliphatic rings. The summed E-state index contributed by atoms with van der Waals surface area (Å²) in [5.74, 6) is -0.223. The second-order valence-corrected chi connectivity index (χ2v) is 5.04. The standard InChI is InChI=1S/C15H13N3O2S/c19-13-11(14(20)18-15(21)17-13)6-3-4-9-8-16-12-7-2-1-5-10(9)12/h1-3,5-8,16H,4H2,(H3,17,18,19,20,21). The number of fused-ring (bicyclic) bond motifs is 1. The van der Waals surface area contributed by atoms with Crippen LogP contribution in [0, 0.1) is 4.77 Å². The zero-order chi connectivity index (χ0) is 14.8. The molecule has 0 aliphatic heterocycles. The van der Waals surface area contributed by atoms with E-state index in [4.69, 9.17) is 12.2 Å². The maximum Gasteiger partial charge on any atom is 0.262 e. The molecule has 0 atom stereocenters. The first-order chi connectivity index (χ1) is 10.1. The normalized spacial score (nSPS) is 11.4. The van der Waals surface area contributed by atoms with Gasteiger partial charge in [0.2, 0.25) is 5.88 Å². The molecule has 2 aromatic heterocycles. The summed E-state index contributed by atoms with van der Waals surface area (Å²) in [4.78, 5) is 19.9. The van der Waals surface area contributed by atoms with Gasteiger partial charge in [0.05, 0.1) is 5.56 Å². The van der Waals surface area contributed by atoms with Crippen molar-refractivity contribution in [1.82, 2.24) is 15.0 Å². The Morgan fingerprint density at radius 3 is 2.86 bits per heavy atom. The number of hydrogen-bond donors (Lipinski definition) is 4. The monoisotopic (exact) mass is 299 g/mol. The van der Waals surface area contributed by atoms with Gasteiger partial charge in [-0.05, 0) is 36.3 Å². The fourth-order valence-electron chi connectivity index (χ4n) is 2.24. The highest BCUT2D eigenvalue weighted by molar-refractivity contribution is 7.71. The molecule has 4 N–H and O–H groups in total. The zero-order valence-corrected chi connectivity index (χ0v) is 11.8. The molecule has 21 heavy (non-hydrogen) atoms. The molecule has 106 valence electrons. The number of aromatic hydroxyl groups is 1. The quantitative estimate of drug-likeness (QED) is 0.561. The van der Waals surface area contributed by atoms with Gasteiger partial charge in [0, 0.05) is 17.1 Å². The molecular weight excluding hydrogens is 286 g/mol. The van der Waals surface area contributed by atoms with Crippen LogP contribution in [0.4, 0.5) is 0 Å². The average Bonchev–Trinajstić information content (AvgIpc) is 2.85. The van der Waals surface area contributed by atoms with Crippen molar-refractivity contribution in [2.24, 2.45) is 0 Å². The molecule has 0 saturated carbocycles. The van der Waals surface area contributed by atoms with E-state index in [-0.39, 0.29) is 16.2 Å². The van der Waals surface area contributed by atoms with Crippen LogP contribution < -0.4 is 5.56 Å². The number of H-pyrrole nitrogens is 3. The third-order valence-electron chi connectivity index (χ3n) is 3.26. The minimum atomic E-state index is -0.411. The lowest BCUT2D eigenvalue weighted by atomic mass is 10.1. The molecule has 0 fully saturated rings. The lowest BCUT2D eigenvalue weighted by Crippen LogP contribution is -2.10. The van der Waals surface area contributed by atoms with Gasteiger partial charge in [0.15, 0.2) is 4.77 Å². The van der Waals surface area contributed by atoms with Gasteiger partial charge in [0.1, 0.15) is 0 Å². The fraction of sp³-hybridized carbons (Fsp3) is 0.0667. The maximum atomic E-state index is 11.7. The number of benzene rings is 1. The Morgan fingerprint density at radius 2 is 2.05 bits per heavy atom. The Labute approximate surface area is 125 Å². The third-order valence-corrected chi connectivity index (χ3v) is 3.46. The van der Waals surface area contributed by atoms with Crippen molar-refractivity contribution in [2.45, 2.75) is 6.42 Å². The topological polar surface area (TPSA) is 84.7 Å². The van der Waals surface area contributed by atoms with Crippen molar-refractivity contribution in [3.05, 3.63) is 62.8 Å². The first kappa shape index (κ1) is 13.4. The Kier molecular flexibility index (Phi) is 3.45. The predicted molar refractivity (Wildman–Crippen MR) is 84.9 cm³/mol. The Morgan fingerprint density at radius 1 is 1.24 bits per heavy atom. The van der Waals surface area contributed by atoms with Gasteiger partial charge in [-0.15, -0.1) is 0 Å². The van der Waals surface area contributed by atoms with E-state index in [9.17, 15) is 9.90 Å². The molecular formula is C15H13N3O2S. The number of aromatic amines is 3. The lowest BCUT2D eigenvalue weighted by molar-refractivity contribution is 0.448. The molecule has 0 radical (unpaired) electrons. The van der Waals surface area contributed by atoms with Gasteiger partial charge in [-0.2, -0.15) is 0 Å². The highest BCUT2D eigenvalue weighted by Crippen LogP contribution is 2.19. The fourth-order valence-corrected chi connectivity index (χ4v) is 2.43. The lowest BCUT2D eigenvalue weighted by Gasteiger charge is -1.98. The molecule has 6 heteroatoms. The van der Waals surface area contributed by atoms with Crippen LogP contribution in [0.1, 0.15) is 11.1 Å². The molecule has 3 rings (SSSR count). The molecule has 2 heterocycles. The summed E-state index contributed by atoms with van der Waals surface area (Å²) < 4.78 is 0.103.